The fraction of sp³-hybridized carbons (Fsp3) is 0.190. The van der Waals surface area contributed by atoms with Gasteiger partial charge in [0.05, 0.1) is 24.4 Å². The minimum atomic E-state index is -0.208. The van der Waals surface area contributed by atoms with Crippen molar-refractivity contribution in [3.05, 3.63) is 70.6 Å². The molecule has 1 heterocycles. The standard InChI is InChI=1S/C21H19N3O2S/c1-23-19(17-8-3-15(4-9-17)7-12-20(25)26-2)14-24(21(23)27)18-10-5-16(13-22)6-11-18/h3-6,8-11,14H,7,12H2,1-2H3. The van der Waals surface area contributed by atoms with Gasteiger partial charge in [-0.25, -0.2) is 0 Å². The minimum absolute atomic E-state index is 0.208. The van der Waals surface area contributed by atoms with Crippen LogP contribution in [0.25, 0.3) is 16.9 Å². The van der Waals surface area contributed by atoms with Crippen LogP contribution < -0.4 is 0 Å². The molecule has 0 amide bonds. The smallest absolute Gasteiger partial charge is 0.305 e. The van der Waals surface area contributed by atoms with Gasteiger partial charge in [0, 0.05) is 25.4 Å². The van der Waals surface area contributed by atoms with Crippen molar-refractivity contribution in [2.24, 2.45) is 7.05 Å². The van der Waals surface area contributed by atoms with E-state index in [-0.39, 0.29) is 5.97 Å². The first-order valence-corrected chi connectivity index (χ1v) is 8.89. The second-order valence-corrected chi connectivity index (χ2v) is 6.52. The Labute approximate surface area is 163 Å². The monoisotopic (exact) mass is 377 g/mol. The van der Waals surface area contributed by atoms with Crippen LogP contribution >= 0.6 is 12.2 Å². The number of carbonyl (C=O) groups is 1. The lowest BCUT2D eigenvalue weighted by molar-refractivity contribution is -0.140. The summed E-state index contributed by atoms with van der Waals surface area (Å²) in [7, 11) is 3.33. The van der Waals surface area contributed by atoms with E-state index in [0.29, 0.717) is 23.2 Å². The summed E-state index contributed by atoms with van der Waals surface area (Å²) in [5.41, 5.74) is 4.64. The van der Waals surface area contributed by atoms with Crippen LogP contribution in [0.1, 0.15) is 17.5 Å². The first-order chi connectivity index (χ1) is 13.0. The molecule has 2 aromatic carbocycles. The summed E-state index contributed by atoms with van der Waals surface area (Å²) in [6, 6.07) is 17.5. The van der Waals surface area contributed by atoms with E-state index in [1.165, 1.54) is 7.11 Å². The Morgan fingerprint density at radius 2 is 1.81 bits per heavy atom. The zero-order chi connectivity index (χ0) is 19.4. The van der Waals surface area contributed by atoms with Gasteiger partial charge in [-0.15, -0.1) is 0 Å². The van der Waals surface area contributed by atoms with Crippen molar-refractivity contribution in [3.63, 3.8) is 0 Å². The molecule has 0 saturated heterocycles. The van der Waals surface area contributed by atoms with Crippen molar-refractivity contribution >= 4 is 18.2 Å². The fourth-order valence-corrected chi connectivity index (χ4v) is 3.13. The Morgan fingerprint density at radius 1 is 1.15 bits per heavy atom. The van der Waals surface area contributed by atoms with Crippen LogP contribution in [-0.2, 0) is 23.0 Å². The van der Waals surface area contributed by atoms with E-state index >= 15 is 0 Å². The molecule has 0 saturated carbocycles. The SMILES string of the molecule is COC(=O)CCc1ccc(-c2cn(-c3ccc(C#N)cc3)c(=S)n2C)cc1. The average Bonchev–Trinajstić information content (AvgIpc) is 3.01. The maximum Gasteiger partial charge on any atom is 0.305 e. The van der Waals surface area contributed by atoms with E-state index in [9.17, 15) is 4.79 Å². The number of ether oxygens (including phenoxy) is 1. The molecule has 0 fully saturated rings. The molecule has 5 nitrogen and oxygen atoms in total. The topological polar surface area (TPSA) is 59.9 Å². The van der Waals surface area contributed by atoms with Crippen LogP contribution in [0.2, 0.25) is 0 Å². The predicted octanol–water partition coefficient (Wildman–Crippen LogP) is 4.19. The van der Waals surface area contributed by atoms with Gasteiger partial charge in [0.25, 0.3) is 0 Å². The number of aromatic nitrogens is 2. The molecule has 0 radical (unpaired) electrons. The lowest BCUT2D eigenvalue weighted by Crippen LogP contribution is -2.01. The number of aryl methyl sites for hydroxylation is 1. The maximum absolute atomic E-state index is 11.3. The third-order valence-corrected chi connectivity index (χ3v) is 4.95. The molecule has 0 aliphatic heterocycles. The van der Waals surface area contributed by atoms with Crippen LogP contribution in [-0.4, -0.2) is 22.2 Å². The van der Waals surface area contributed by atoms with E-state index in [2.05, 4.69) is 10.8 Å². The van der Waals surface area contributed by atoms with Crippen molar-refractivity contribution < 1.29 is 9.53 Å². The third kappa shape index (κ3) is 3.99. The van der Waals surface area contributed by atoms with Crippen molar-refractivity contribution in [1.29, 1.82) is 5.26 Å². The number of methoxy groups -OCH3 is 1. The lowest BCUT2D eigenvalue weighted by atomic mass is 10.1. The molecule has 0 bridgehead atoms. The van der Waals surface area contributed by atoms with Gasteiger partial charge < -0.3 is 9.30 Å². The number of nitriles is 1. The summed E-state index contributed by atoms with van der Waals surface area (Å²) in [6.07, 6.45) is 3.01. The van der Waals surface area contributed by atoms with Gasteiger partial charge in [-0.3, -0.25) is 9.36 Å². The highest BCUT2D eigenvalue weighted by Crippen LogP contribution is 2.23. The van der Waals surface area contributed by atoms with E-state index in [1.807, 2.05) is 58.8 Å². The lowest BCUT2D eigenvalue weighted by Gasteiger charge is -2.04. The number of rotatable bonds is 5. The van der Waals surface area contributed by atoms with Gasteiger partial charge in [0.1, 0.15) is 0 Å². The first-order valence-electron chi connectivity index (χ1n) is 8.48. The third-order valence-electron chi connectivity index (χ3n) is 4.48. The molecule has 0 aliphatic carbocycles. The Morgan fingerprint density at radius 3 is 2.41 bits per heavy atom. The van der Waals surface area contributed by atoms with Gasteiger partial charge >= 0.3 is 5.97 Å². The van der Waals surface area contributed by atoms with E-state index in [4.69, 9.17) is 17.5 Å². The summed E-state index contributed by atoms with van der Waals surface area (Å²) >= 11 is 5.58. The summed E-state index contributed by atoms with van der Waals surface area (Å²) in [4.78, 5) is 11.3. The number of hydrogen-bond acceptors (Lipinski definition) is 4. The molecule has 27 heavy (non-hydrogen) atoms. The predicted molar refractivity (Wildman–Crippen MR) is 106 cm³/mol. The quantitative estimate of drug-likeness (QED) is 0.494. The van der Waals surface area contributed by atoms with Gasteiger partial charge in [0.2, 0.25) is 0 Å². The highest BCUT2D eigenvalue weighted by molar-refractivity contribution is 7.71. The van der Waals surface area contributed by atoms with Crippen molar-refractivity contribution in [2.75, 3.05) is 7.11 Å². The summed E-state index contributed by atoms with van der Waals surface area (Å²) in [6.45, 7) is 0. The Hall–Kier alpha value is -3.17. The van der Waals surface area contributed by atoms with Crippen LogP contribution in [0.3, 0.4) is 0 Å². The normalized spacial score (nSPS) is 10.4. The molecule has 0 atom stereocenters. The maximum atomic E-state index is 11.3. The molecule has 3 aromatic rings. The van der Waals surface area contributed by atoms with Gasteiger partial charge in [-0.05, 0) is 54.0 Å². The number of benzene rings is 2. The Bertz CT molecular complexity index is 1050. The molecule has 6 heteroatoms. The van der Waals surface area contributed by atoms with Crippen LogP contribution in [0.15, 0.2) is 54.7 Å². The first kappa shape index (κ1) is 18.6. The number of nitrogens with zero attached hydrogens (tertiary/aromatic N) is 3. The molecule has 0 unspecified atom stereocenters. The summed E-state index contributed by atoms with van der Waals surface area (Å²) in [5.74, 6) is -0.208. The van der Waals surface area contributed by atoms with Crippen LogP contribution in [0, 0.1) is 16.1 Å². The van der Waals surface area contributed by atoms with Gasteiger partial charge in [-0.1, -0.05) is 24.3 Å². The molecular weight excluding hydrogens is 358 g/mol. The number of imidazole rings is 1. The fourth-order valence-electron chi connectivity index (χ4n) is 2.87. The summed E-state index contributed by atoms with van der Waals surface area (Å²) < 4.78 is 9.23. The molecule has 0 aliphatic rings. The van der Waals surface area contributed by atoms with E-state index < -0.39 is 0 Å². The van der Waals surface area contributed by atoms with Crippen molar-refractivity contribution in [3.8, 4) is 23.0 Å². The zero-order valence-electron chi connectivity index (χ0n) is 15.2. The van der Waals surface area contributed by atoms with Crippen molar-refractivity contribution in [1.82, 2.24) is 9.13 Å². The second-order valence-electron chi connectivity index (χ2n) is 6.16. The second kappa shape index (κ2) is 8.02. The molecule has 3 rings (SSSR count). The number of esters is 1. The summed E-state index contributed by atoms with van der Waals surface area (Å²) in [5, 5.41) is 8.95. The highest BCUT2D eigenvalue weighted by Gasteiger charge is 2.10. The molecule has 136 valence electrons. The van der Waals surface area contributed by atoms with Crippen LogP contribution in [0.4, 0.5) is 0 Å². The Balaban J connectivity index is 1.88. The average molecular weight is 377 g/mol. The highest BCUT2D eigenvalue weighted by atomic mass is 32.1. The van der Waals surface area contributed by atoms with Gasteiger partial charge in [0.15, 0.2) is 4.77 Å². The number of hydrogen-bond donors (Lipinski definition) is 0. The van der Waals surface area contributed by atoms with Crippen molar-refractivity contribution in [2.45, 2.75) is 12.8 Å². The minimum Gasteiger partial charge on any atom is -0.469 e. The van der Waals surface area contributed by atoms with E-state index in [1.54, 1.807) is 12.1 Å². The largest absolute Gasteiger partial charge is 0.469 e. The van der Waals surface area contributed by atoms with Gasteiger partial charge in [-0.2, -0.15) is 5.26 Å². The van der Waals surface area contributed by atoms with Crippen LogP contribution in [0.5, 0.6) is 0 Å². The Kier molecular flexibility index (Phi) is 5.53. The molecule has 0 N–H and O–H groups in total. The molecule has 0 spiro atoms. The molecular formula is C21H19N3O2S. The zero-order valence-corrected chi connectivity index (χ0v) is 16.0. The number of carbonyl (C=O) groups excluding carboxylic acids is 1. The van der Waals surface area contributed by atoms with E-state index in [0.717, 1.165) is 22.5 Å². The molecule has 1 aromatic heterocycles.